The summed E-state index contributed by atoms with van der Waals surface area (Å²) in [6, 6.07) is 18.4. The second kappa shape index (κ2) is 9.96. The van der Waals surface area contributed by atoms with E-state index in [1.54, 1.807) is 0 Å². The topological polar surface area (TPSA) is 76.8 Å². The number of rotatable bonds is 7. The van der Waals surface area contributed by atoms with Gasteiger partial charge in [0.25, 0.3) is 0 Å². The predicted molar refractivity (Wildman–Crippen MR) is 118 cm³/mol. The van der Waals surface area contributed by atoms with Crippen molar-refractivity contribution in [2.45, 2.75) is 51.5 Å². The van der Waals surface area contributed by atoms with Gasteiger partial charge in [0.1, 0.15) is 18.0 Å². The van der Waals surface area contributed by atoms with Gasteiger partial charge in [0.2, 0.25) is 0 Å². The molecule has 1 aliphatic rings. The van der Waals surface area contributed by atoms with Crippen molar-refractivity contribution < 1.29 is 14.3 Å². The molecule has 1 amide bonds. The van der Waals surface area contributed by atoms with Crippen LogP contribution < -0.4 is 15.8 Å². The van der Waals surface area contributed by atoms with E-state index < -0.39 is 5.60 Å². The molecule has 0 saturated carbocycles. The minimum Gasteiger partial charge on any atom is -0.489 e. The molecule has 0 radical (unpaired) electrons. The first-order valence-electron chi connectivity index (χ1n) is 10.5. The van der Waals surface area contributed by atoms with Gasteiger partial charge in [0.05, 0.1) is 0 Å². The van der Waals surface area contributed by atoms with E-state index >= 15 is 0 Å². The summed E-state index contributed by atoms with van der Waals surface area (Å²) in [5.74, 6) is 0.837. The first-order valence-corrected chi connectivity index (χ1v) is 10.5. The number of likely N-dealkylation sites (tertiary alicyclic amines) is 1. The first kappa shape index (κ1) is 22.1. The monoisotopic (exact) mass is 411 g/mol. The number of alkyl carbamates (subject to hydrolysis) is 1. The molecule has 6 nitrogen and oxygen atoms in total. The predicted octanol–water partition coefficient (Wildman–Crippen LogP) is 3.86. The summed E-state index contributed by atoms with van der Waals surface area (Å²) < 4.78 is 11.2. The summed E-state index contributed by atoms with van der Waals surface area (Å²) >= 11 is 0. The van der Waals surface area contributed by atoms with Crippen LogP contribution in [0.25, 0.3) is 0 Å². The highest BCUT2D eigenvalue weighted by Crippen LogP contribution is 2.26. The molecule has 0 unspecified atom stereocenters. The fourth-order valence-corrected chi connectivity index (χ4v) is 3.69. The molecule has 1 saturated heterocycles. The highest BCUT2D eigenvalue weighted by atomic mass is 16.6. The van der Waals surface area contributed by atoms with Crippen molar-refractivity contribution in [2.75, 3.05) is 19.6 Å². The molecular weight excluding hydrogens is 378 g/mol. The maximum absolute atomic E-state index is 12.0. The van der Waals surface area contributed by atoms with E-state index in [0.29, 0.717) is 13.2 Å². The molecule has 0 aliphatic carbocycles. The SMILES string of the molecule is CC(C)(C)OC(=O)N[C@H]1CCN([C@H](CN)c2ccc(OCc3ccccc3)cc2)C1. The molecule has 0 spiro atoms. The molecule has 1 aliphatic heterocycles. The Morgan fingerprint density at radius 1 is 1.17 bits per heavy atom. The Bertz CT molecular complexity index is 803. The van der Waals surface area contributed by atoms with E-state index in [-0.39, 0.29) is 18.2 Å². The summed E-state index contributed by atoms with van der Waals surface area (Å²) in [6.45, 7) is 8.30. The van der Waals surface area contributed by atoms with Gasteiger partial charge in [-0.1, -0.05) is 42.5 Å². The van der Waals surface area contributed by atoms with Crippen LogP contribution in [0.1, 0.15) is 44.4 Å². The fraction of sp³-hybridized carbons (Fsp3) is 0.458. The lowest BCUT2D eigenvalue weighted by Gasteiger charge is -2.27. The Morgan fingerprint density at radius 3 is 2.50 bits per heavy atom. The van der Waals surface area contributed by atoms with Crippen LogP contribution in [0.2, 0.25) is 0 Å². The number of hydrogen-bond acceptors (Lipinski definition) is 5. The quantitative estimate of drug-likeness (QED) is 0.723. The number of hydrogen-bond donors (Lipinski definition) is 2. The third-order valence-electron chi connectivity index (χ3n) is 5.12. The zero-order valence-corrected chi connectivity index (χ0v) is 18.1. The van der Waals surface area contributed by atoms with E-state index in [1.807, 2.05) is 63.2 Å². The van der Waals surface area contributed by atoms with Crippen LogP contribution in [0.3, 0.4) is 0 Å². The number of benzene rings is 2. The number of amides is 1. The van der Waals surface area contributed by atoms with Crippen LogP contribution in [0.5, 0.6) is 5.75 Å². The largest absolute Gasteiger partial charge is 0.489 e. The molecule has 2 aromatic carbocycles. The lowest BCUT2D eigenvalue weighted by molar-refractivity contribution is 0.0504. The van der Waals surface area contributed by atoms with Crippen molar-refractivity contribution >= 4 is 6.09 Å². The van der Waals surface area contributed by atoms with Gasteiger partial charge in [0, 0.05) is 31.7 Å². The Hall–Kier alpha value is -2.57. The van der Waals surface area contributed by atoms with Gasteiger partial charge >= 0.3 is 6.09 Å². The Morgan fingerprint density at radius 2 is 1.87 bits per heavy atom. The lowest BCUT2D eigenvalue weighted by Crippen LogP contribution is -2.41. The summed E-state index contributed by atoms with van der Waals surface area (Å²) in [7, 11) is 0. The van der Waals surface area contributed by atoms with Crippen molar-refractivity contribution in [2.24, 2.45) is 5.73 Å². The minimum absolute atomic E-state index is 0.0716. The average Bonchev–Trinajstić information content (AvgIpc) is 3.15. The smallest absolute Gasteiger partial charge is 0.407 e. The van der Waals surface area contributed by atoms with E-state index in [9.17, 15) is 4.79 Å². The number of nitrogens with two attached hydrogens (primary N) is 1. The summed E-state index contributed by atoms with van der Waals surface area (Å²) in [5, 5.41) is 2.97. The maximum atomic E-state index is 12.0. The molecule has 1 fully saturated rings. The first-order chi connectivity index (χ1) is 14.3. The number of nitrogens with one attached hydrogen (secondary N) is 1. The summed E-state index contributed by atoms with van der Waals surface area (Å²) in [6.07, 6.45) is 0.521. The van der Waals surface area contributed by atoms with Gasteiger partial charge in [-0.05, 0) is 50.5 Å². The van der Waals surface area contributed by atoms with Crippen LogP contribution in [-0.4, -0.2) is 42.3 Å². The van der Waals surface area contributed by atoms with E-state index in [1.165, 1.54) is 0 Å². The number of carbonyl (C=O) groups excluding carboxylic acids is 1. The maximum Gasteiger partial charge on any atom is 0.407 e. The van der Waals surface area contributed by atoms with Crippen molar-refractivity contribution in [1.82, 2.24) is 10.2 Å². The van der Waals surface area contributed by atoms with Gasteiger partial charge in [-0.25, -0.2) is 4.79 Å². The molecule has 2 aromatic rings. The molecule has 1 heterocycles. The molecule has 162 valence electrons. The normalized spacial score (nSPS) is 18.1. The highest BCUT2D eigenvalue weighted by Gasteiger charge is 2.30. The van der Waals surface area contributed by atoms with Crippen LogP contribution >= 0.6 is 0 Å². The molecule has 30 heavy (non-hydrogen) atoms. The zero-order chi connectivity index (χ0) is 21.6. The summed E-state index contributed by atoms with van der Waals surface area (Å²) in [5.41, 5.74) is 7.90. The minimum atomic E-state index is -0.494. The fourth-order valence-electron chi connectivity index (χ4n) is 3.69. The van der Waals surface area contributed by atoms with Crippen molar-refractivity contribution in [3.05, 3.63) is 65.7 Å². The van der Waals surface area contributed by atoms with Crippen LogP contribution in [0, 0.1) is 0 Å². The van der Waals surface area contributed by atoms with E-state index in [2.05, 4.69) is 22.3 Å². The standard InChI is InChI=1S/C24H33N3O3/c1-24(2,3)30-23(28)26-20-13-14-27(16-20)22(15-25)19-9-11-21(12-10-19)29-17-18-7-5-4-6-8-18/h4-12,20,22H,13-17,25H2,1-3H3,(H,26,28)/t20-,22+/m0/s1. The Labute approximate surface area is 179 Å². The molecular formula is C24H33N3O3. The number of ether oxygens (including phenoxy) is 2. The van der Waals surface area contributed by atoms with Crippen molar-refractivity contribution in [3.63, 3.8) is 0 Å². The average molecular weight is 412 g/mol. The molecule has 2 atom stereocenters. The van der Waals surface area contributed by atoms with E-state index in [0.717, 1.165) is 36.4 Å². The van der Waals surface area contributed by atoms with Crippen molar-refractivity contribution in [1.29, 1.82) is 0 Å². The van der Waals surface area contributed by atoms with Gasteiger partial charge in [-0.3, -0.25) is 4.90 Å². The highest BCUT2D eigenvalue weighted by molar-refractivity contribution is 5.68. The van der Waals surface area contributed by atoms with Gasteiger partial charge in [-0.2, -0.15) is 0 Å². The molecule has 6 heteroatoms. The zero-order valence-electron chi connectivity index (χ0n) is 18.1. The number of nitrogens with zero attached hydrogens (tertiary/aromatic N) is 1. The number of carbonyl (C=O) groups is 1. The molecule has 0 bridgehead atoms. The Balaban J connectivity index is 1.53. The second-order valence-corrected chi connectivity index (χ2v) is 8.72. The van der Waals surface area contributed by atoms with Gasteiger partial charge in [0.15, 0.2) is 0 Å². The van der Waals surface area contributed by atoms with Crippen LogP contribution in [0.4, 0.5) is 4.79 Å². The van der Waals surface area contributed by atoms with Crippen molar-refractivity contribution in [3.8, 4) is 5.75 Å². The van der Waals surface area contributed by atoms with E-state index in [4.69, 9.17) is 15.2 Å². The van der Waals surface area contributed by atoms with Crippen LogP contribution in [0.15, 0.2) is 54.6 Å². The Kier molecular flexibility index (Phi) is 7.34. The van der Waals surface area contributed by atoms with Crippen LogP contribution in [-0.2, 0) is 11.3 Å². The van der Waals surface area contributed by atoms with Gasteiger partial charge < -0.3 is 20.5 Å². The second-order valence-electron chi connectivity index (χ2n) is 8.72. The third-order valence-corrected chi connectivity index (χ3v) is 5.12. The molecule has 3 rings (SSSR count). The van der Waals surface area contributed by atoms with Gasteiger partial charge in [-0.15, -0.1) is 0 Å². The lowest BCUT2D eigenvalue weighted by atomic mass is 10.1. The summed E-state index contributed by atoms with van der Waals surface area (Å²) in [4.78, 5) is 14.4. The molecule has 0 aromatic heterocycles. The molecule has 3 N–H and O–H groups in total. The third kappa shape index (κ3) is 6.47.